The molecule has 2 amide bonds. The molecule has 0 saturated heterocycles. The first-order chi connectivity index (χ1) is 11.7. The van der Waals surface area contributed by atoms with Crippen LogP contribution in [0.3, 0.4) is 0 Å². The number of aromatic nitrogens is 1. The van der Waals surface area contributed by atoms with E-state index in [0.717, 1.165) is 16.6 Å². The molecular weight excluding hydrogens is 302 g/mol. The first kappa shape index (κ1) is 15.7. The number of hydrogen-bond acceptors (Lipinski definition) is 3. The standard InChI is InChI=1S/C19H17N3O2/c23-18(11-13-21-19(24)14-6-2-1-3-7-14)22-17-10-4-9-16-15(17)8-5-12-20-16/h1-10,12H,11,13H2,(H,21,24)(H,22,23). The van der Waals surface area contributed by atoms with Crippen LogP contribution < -0.4 is 10.6 Å². The molecule has 3 aromatic rings. The highest BCUT2D eigenvalue weighted by Gasteiger charge is 2.08. The van der Waals surface area contributed by atoms with Gasteiger partial charge in [0.1, 0.15) is 0 Å². The van der Waals surface area contributed by atoms with Crippen molar-refractivity contribution >= 4 is 28.4 Å². The predicted octanol–water partition coefficient (Wildman–Crippen LogP) is 2.99. The van der Waals surface area contributed by atoms with Crippen molar-refractivity contribution < 1.29 is 9.59 Å². The van der Waals surface area contributed by atoms with E-state index in [2.05, 4.69) is 15.6 Å². The van der Waals surface area contributed by atoms with Crippen LogP contribution in [0, 0.1) is 0 Å². The summed E-state index contributed by atoms with van der Waals surface area (Å²) in [5.74, 6) is -0.336. The van der Waals surface area contributed by atoms with E-state index in [1.165, 1.54) is 0 Å². The number of anilines is 1. The Bertz CT molecular complexity index is 857. The molecule has 0 unspecified atom stereocenters. The highest BCUT2D eigenvalue weighted by molar-refractivity contribution is 6.01. The Labute approximate surface area is 139 Å². The van der Waals surface area contributed by atoms with Crippen molar-refractivity contribution in [3.63, 3.8) is 0 Å². The van der Waals surface area contributed by atoms with Gasteiger partial charge < -0.3 is 10.6 Å². The van der Waals surface area contributed by atoms with Gasteiger partial charge in [-0.3, -0.25) is 14.6 Å². The maximum atomic E-state index is 12.1. The SMILES string of the molecule is O=C(CCNC(=O)c1ccccc1)Nc1cccc2ncccc12. The van der Waals surface area contributed by atoms with Gasteiger partial charge in [-0.25, -0.2) is 0 Å². The molecule has 5 nitrogen and oxygen atoms in total. The molecule has 0 aliphatic heterocycles. The van der Waals surface area contributed by atoms with Crippen LogP contribution in [0.5, 0.6) is 0 Å². The lowest BCUT2D eigenvalue weighted by Gasteiger charge is -2.09. The van der Waals surface area contributed by atoms with Gasteiger partial charge in [-0.1, -0.05) is 24.3 Å². The van der Waals surface area contributed by atoms with Crippen molar-refractivity contribution in [2.24, 2.45) is 0 Å². The number of nitrogens with one attached hydrogen (secondary N) is 2. The summed E-state index contributed by atoms with van der Waals surface area (Å²) < 4.78 is 0. The second-order valence-electron chi connectivity index (χ2n) is 5.30. The summed E-state index contributed by atoms with van der Waals surface area (Å²) in [6.45, 7) is 0.280. The average Bonchev–Trinajstić information content (AvgIpc) is 2.63. The summed E-state index contributed by atoms with van der Waals surface area (Å²) in [4.78, 5) is 28.3. The number of fused-ring (bicyclic) bond motifs is 1. The Balaban J connectivity index is 1.55. The normalized spacial score (nSPS) is 10.3. The highest BCUT2D eigenvalue weighted by Crippen LogP contribution is 2.21. The number of rotatable bonds is 5. The van der Waals surface area contributed by atoms with Crippen molar-refractivity contribution in [1.82, 2.24) is 10.3 Å². The van der Waals surface area contributed by atoms with Crippen LogP contribution in [-0.2, 0) is 4.79 Å². The number of nitrogens with zero attached hydrogens (tertiary/aromatic N) is 1. The molecule has 120 valence electrons. The van der Waals surface area contributed by atoms with Gasteiger partial charge in [0, 0.05) is 30.1 Å². The summed E-state index contributed by atoms with van der Waals surface area (Å²) in [7, 11) is 0. The maximum Gasteiger partial charge on any atom is 0.251 e. The second kappa shape index (κ2) is 7.37. The fourth-order valence-electron chi connectivity index (χ4n) is 2.41. The average molecular weight is 319 g/mol. The van der Waals surface area contributed by atoms with Crippen LogP contribution in [0.15, 0.2) is 66.9 Å². The molecule has 5 heteroatoms. The minimum atomic E-state index is -0.183. The molecule has 0 aliphatic carbocycles. The topological polar surface area (TPSA) is 71.1 Å². The van der Waals surface area contributed by atoms with Gasteiger partial charge in [0.15, 0.2) is 0 Å². The Hall–Kier alpha value is -3.21. The predicted molar refractivity (Wildman–Crippen MR) is 93.8 cm³/mol. The van der Waals surface area contributed by atoms with Crippen molar-refractivity contribution in [3.8, 4) is 0 Å². The van der Waals surface area contributed by atoms with Crippen LogP contribution in [-0.4, -0.2) is 23.3 Å². The molecule has 24 heavy (non-hydrogen) atoms. The largest absolute Gasteiger partial charge is 0.352 e. The summed E-state index contributed by atoms with van der Waals surface area (Å²) in [6, 6.07) is 18.2. The molecule has 0 aliphatic rings. The van der Waals surface area contributed by atoms with E-state index in [-0.39, 0.29) is 24.8 Å². The van der Waals surface area contributed by atoms with E-state index >= 15 is 0 Å². The number of amides is 2. The zero-order chi connectivity index (χ0) is 16.8. The van der Waals surface area contributed by atoms with E-state index < -0.39 is 0 Å². The van der Waals surface area contributed by atoms with Crippen LogP contribution >= 0.6 is 0 Å². The fraction of sp³-hybridized carbons (Fsp3) is 0.105. The Morgan fingerprint density at radius 1 is 0.917 bits per heavy atom. The van der Waals surface area contributed by atoms with Crippen LogP contribution in [0.25, 0.3) is 10.9 Å². The number of hydrogen-bond donors (Lipinski definition) is 2. The molecule has 0 saturated carbocycles. The van der Waals surface area contributed by atoms with Crippen molar-refractivity contribution in [1.29, 1.82) is 0 Å². The molecule has 2 N–H and O–H groups in total. The van der Waals surface area contributed by atoms with Crippen LogP contribution in [0.2, 0.25) is 0 Å². The molecule has 0 atom stereocenters. The van der Waals surface area contributed by atoms with E-state index in [0.29, 0.717) is 5.56 Å². The minimum absolute atomic E-state index is 0.153. The van der Waals surface area contributed by atoms with Crippen LogP contribution in [0.4, 0.5) is 5.69 Å². The van der Waals surface area contributed by atoms with Gasteiger partial charge in [-0.05, 0) is 36.4 Å². The van der Waals surface area contributed by atoms with Gasteiger partial charge in [0.05, 0.1) is 11.2 Å². The third-order valence-electron chi connectivity index (χ3n) is 3.59. The zero-order valence-corrected chi connectivity index (χ0v) is 13.0. The lowest BCUT2D eigenvalue weighted by Crippen LogP contribution is -2.27. The molecule has 1 aromatic heterocycles. The first-order valence-corrected chi connectivity index (χ1v) is 7.71. The third-order valence-corrected chi connectivity index (χ3v) is 3.59. The monoisotopic (exact) mass is 319 g/mol. The molecule has 0 fully saturated rings. The van der Waals surface area contributed by atoms with Crippen LogP contribution in [0.1, 0.15) is 16.8 Å². The molecular formula is C19H17N3O2. The quantitative estimate of drug-likeness (QED) is 0.759. The minimum Gasteiger partial charge on any atom is -0.352 e. The van der Waals surface area contributed by atoms with Gasteiger partial charge in [0.2, 0.25) is 5.91 Å². The smallest absolute Gasteiger partial charge is 0.251 e. The van der Waals surface area contributed by atoms with Crippen molar-refractivity contribution in [2.45, 2.75) is 6.42 Å². The maximum absolute atomic E-state index is 12.1. The van der Waals surface area contributed by atoms with Gasteiger partial charge in [0.25, 0.3) is 5.91 Å². The fourth-order valence-corrected chi connectivity index (χ4v) is 2.41. The Morgan fingerprint density at radius 3 is 2.58 bits per heavy atom. The summed E-state index contributed by atoms with van der Waals surface area (Å²) in [6.07, 6.45) is 1.92. The van der Waals surface area contributed by atoms with E-state index in [4.69, 9.17) is 0 Å². The van der Waals surface area contributed by atoms with E-state index in [1.807, 2.05) is 36.4 Å². The Morgan fingerprint density at radius 2 is 1.75 bits per heavy atom. The summed E-state index contributed by atoms with van der Waals surface area (Å²) in [5.41, 5.74) is 2.13. The zero-order valence-electron chi connectivity index (χ0n) is 13.0. The van der Waals surface area contributed by atoms with Gasteiger partial charge >= 0.3 is 0 Å². The molecule has 0 bridgehead atoms. The van der Waals surface area contributed by atoms with E-state index in [1.54, 1.807) is 30.5 Å². The molecule has 1 heterocycles. The van der Waals surface area contributed by atoms with E-state index in [9.17, 15) is 9.59 Å². The molecule has 0 spiro atoms. The second-order valence-corrected chi connectivity index (χ2v) is 5.30. The van der Waals surface area contributed by atoms with Gasteiger partial charge in [-0.2, -0.15) is 0 Å². The highest BCUT2D eigenvalue weighted by atomic mass is 16.2. The summed E-state index contributed by atoms with van der Waals surface area (Å²) >= 11 is 0. The number of benzene rings is 2. The first-order valence-electron chi connectivity index (χ1n) is 7.71. The third kappa shape index (κ3) is 3.76. The van der Waals surface area contributed by atoms with Crippen molar-refractivity contribution in [2.75, 3.05) is 11.9 Å². The summed E-state index contributed by atoms with van der Waals surface area (Å²) in [5, 5.41) is 6.50. The number of pyridine rings is 1. The molecule has 3 rings (SSSR count). The Kier molecular flexibility index (Phi) is 4.81. The number of carbonyl (C=O) groups is 2. The molecule has 0 radical (unpaired) electrons. The lowest BCUT2D eigenvalue weighted by molar-refractivity contribution is -0.116. The lowest BCUT2D eigenvalue weighted by atomic mass is 10.2. The molecule has 2 aromatic carbocycles. The van der Waals surface area contributed by atoms with Crippen molar-refractivity contribution in [3.05, 3.63) is 72.4 Å². The van der Waals surface area contributed by atoms with Gasteiger partial charge in [-0.15, -0.1) is 0 Å². The number of carbonyl (C=O) groups excluding carboxylic acids is 2.